The van der Waals surface area contributed by atoms with Crippen molar-refractivity contribution in [3.05, 3.63) is 67.9 Å². The number of pyridine rings is 1. The molecule has 0 saturated heterocycles. The molecule has 2 aromatic heterocycles. The molecule has 0 aliphatic rings. The summed E-state index contributed by atoms with van der Waals surface area (Å²) in [6.07, 6.45) is 1.54. The molecule has 7 nitrogen and oxygen atoms in total. The second kappa shape index (κ2) is 8.05. The number of nitrogen functional groups attached to an aromatic ring is 1. The number of ether oxygens (including phenoxy) is 2. The second-order valence-corrected chi connectivity index (χ2v) is 6.97. The molecule has 3 aromatic rings. The zero-order chi connectivity index (χ0) is 19.4. The number of thiazole rings is 1. The first-order chi connectivity index (χ1) is 13.0. The summed E-state index contributed by atoms with van der Waals surface area (Å²) in [5.41, 5.74) is 7.99. The van der Waals surface area contributed by atoms with Crippen LogP contribution in [0, 0.1) is 13.8 Å². The van der Waals surface area contributed by atoms with E-state index in [2.05, 4.69) is 10.1 Å². The predicted octanol–water partition coefficient (Wildman–Crippen LogP) is 2.97. The third-order valence-electron chi connectivity index (χ3n) is 3.73. The van der Waals surface area contributed by atoms with Gasteiger partial charge in [0.15, 0.2) is 11.5 Å². The van der Waals surface area contributed by atoms with Crippen molar-refractivity contribution < 1.29 is 9.47 Å². The van der Waals surface area contributed by atoms with Gasteiger partial charge in [-0.2, -0.15) is 9.78 Å². The molecule has 0 aliphatic heterocycles. The summed E-state index contributed by atoms with van der Waals surface area (Å²) >= 11 is 1.58. The van der Waals surface area contributed by atoms with E-state index in [1.807, 2.05) is 25.3 Å². The van der Waals surface area contributed by atoms with Crippen LogP contribution in [-0.4, -0.2) is 23.0 Å². The van der Waals surface area contributed by atoms with E-state index < -0.39 is 0 Å². The van der Waals surface area contributed by atoms with Crippen LogP contribution < -0.4 is 20.8 Å². The average molecular weight is 384 g/mol. The topological polar surface area (TPSA) is 91.7 Å². The van der Waals surface area contributed by atoms with Crippen LogP contribution in [0.1, 0.15) is 21.8 Å². The van der Waals surface area contributed by atoms with Gasteiger partial charge in [0.2, 0.25) is 0 Å². The Bertz CT molecular complexity index is 1040. The lowest BCUT2D eigenvalue weighted by molar-refractivity contribution is 0.281. The van der Waals surface area contributed by atoms with Crippen LogP contribution in [0.25, 0.3) is 0 Å². The van der Waals surface area contributed by atoms with Gasteiger partial charge in [0.05, 0.1) is 24.0 Å². The summed E-state index contributed by atoms with van der Waals surface area (Å²) in [7, 11) is 1.57. The molecule has 0 aliphatic carbocycles. The third-order valence-corrected chi connectivity index (χ3v) is 4.55. The summed E-state index contributed by atoms with van der Waals surface area (Å²) in [6.45, 7) is 4.13. The molecule has 0 bridgehead atoms. The number of benzene rings is 1. The Morgan fingerprint density at radius 3 is 2.74 bits per heavy atom. The fraction of sp³-hybridized carbons (Fsp3) is 0.211. The first-order valence-corrected chi connectivity index (χ1v) is 9.09. The number of hydrogen-bond donors (Lipinski definition) is 1. The summed E-state index contributed by atoms with van der Waals surface area (Å²) in [4.78, 5) is 16.4. The van der Waals surface area contributed by atoms with Crippen molar-refractivity contribution >= 4 is 23.4 Å². The molecule has 1 aromatic carbocycles. The first-order valence-electron chi connectivity index (χ1n) is 8.21. The molecule has 0 saturated carbocycles. The van der Waals surface area contributed by atoms with E-state index in [-0.39, 0.29) is 11.4 Å². The Balaban J connectivity index is 1.78. The molecule has 0 radical (unpaired) electrons. The molecule has 0 fully saturated rings. The van der Waals surface area contributed by atoms with Crippen molar-refractivity contribution in [1.29, 1.82) is 0 Å². The molecule has 2 heterocycles. The minimum Gasteiger partial charge on any atom is -0.493 e. The van der Waals surface area contributed by atoms with Crippen molar-refractivity contribution in [3.8, 4) is 11.5 Å². The van der Waals surface area contributed by atoms with E-state index in [9.17, 15) is 4.79 Å². The van der Waals surface area contributed by atoms with Gasteiger partial charge in [-0.1, -0.05) is 0 Å². The molecule has 0 spiro atoms. The van der Waals surface area contributed by atoms with E-state index in [1.165, 1.54) is 6.07 Å². The van der Waals surface area contributed by atoms with Crippen molar-refractivity contribution in [2.24, 2.45) is 5.10 Å². The van der Waals surface area contributed by atoms with E-state index >= 15 is 0 Å². The number of rotatable bonds is 6. The normalized spacial score (nSPS) is 11.1. The van der Waals surface area contributed by atoms with E-state index in [0.717, 1.165) is 26.5 Å². The van der Waals surface area contributed by atoms with Gasteiger partial charge in [0, 0.05) is 11.4 Å². The highest BCUT2D eigenvalue weighted by Gasteiger charge is 2.07. The molecule has 0 unspecified atom stereocenters. The maximum atomic E-state index is 12.0. The van der Waals surface area contributed by atoms with Crippen LogP contribution in [0.2, 0.25) is 0 Å². The fourth-order valence-electron chi connectivity index (χ4n) is 2.48. The molecular weight excluding hydrogens is 364 g/mol. The van der Waals surface area contributed by atoms with Gasteiger partial charge in [-0.3, -0.25) is 4.79 Å². The van der Waals surface area contributed by atoms with Crippen LogP contribution in [0.3, 0.4) is 0 Å². The molecule has 27 heavy (non-hydrogen) atoms. The van der Waals surface area contributed by atoms with E-state index in [0.29, 0.717) is 18.1 Å². The Morgan fingerprint density at radius 2 is 2.07 bits per heavy atom. The number of nitrogens with two attached hydrogens (primary N) is 1. The van der Waals surface area contributed by atoms with E-state index in [4.69, 9.17) is 15.2 Å². The zero-order valence-corrected chi connectivity index (χ0v) is 16.1. The molecular formula is C19H20N4O3S. The van der Waals surface area contributed by atoms with Crippen molar-refractivity contribution in [1.82, 2.24) is 9.66 Å². The highest BCUT2D eigenvalue weighted by Crippen LogP contribution is 2.28. The number of aromatic nitrogens is 2. The van der Waals surface area contributed by atoms with Gasteiger partial charge < -0.3 is 15.2 Å². The lowest BCUT2D eigenvalue weighted by atomic mass is 10.2. The molecule has 0 atom stereocenters. The quantitative estimate of drug-likeness (QED) is 0.660. The highest BCUT2D eigenvalue weighted by molar-refractivity contribution is 7.09. The maximum absolute atomic E-state index is 12.0. The second-order valence-electron chi connectivity index (χ2n) is 5.91. The Hall–Kier alpha value is -3.13. The average Bonchev–Trinajstić information content (AvgIpc) is 3.04. The maximum Gasteiger partial charge on any atom is 0.273 e. The number of hydrogen-bond acceptors (Lipinski definition) is 7. The summed E-state index contributed by atoms with van der Waals surface area (Å²) < 4.78 is 12.3. The number of nitrogens with zero attached hydrogens (tertiary/aromatic N) is 3. The highest BCUT2D eigenvalue weighted by atomic mass is 32.1. The van der Waals surface area contributed by atoms with Crippen molar-refractivity contribution in [3.63, 3.8) is 0 Å². The number of methoxy groups -OCH3 is 1. The van der Waals surface area contributed by atoms with Gasteiger partial charge in [-0.15, -0.1) is 11.3 Å². The van der Waals surface area contributed by atoms with E-state index in [1.54, 1.807) is 42.9 Å². The lowest BCUT2D eigenvalue weighted by Gasteiger charge is -2.10. The standard InChI is InChI=1S/C19H20N4O3S/c1-12-6-18(20)23(19(24)7-12)21-9-14-4-5-16(17(8-14)25-3)26-10-15-11-27-13(2)22-15/h4-9,11H,10,20H2,1-3H3. The summed E-state index contributed by atoms with van der Waals surface area (Å²) in [6, 6.07) is 8.56. The van der Waals surface area contributed by atoms with Gasteiger partial charge in [-0.05, 0) is 49.2 Å². The van der Waals surface area contributed by atoms with Crippen LogP contribution in [-0.2, 0) is 6.61 Å². The molecule has 140 valence electrons. The third kappa shape index (κ3) is 4.53. The Labute approximate surface area is 160 Å². The van der Waals surface area contributed by atoms with Crippen LogP contribution in [0.15, 0.2) is 45.6 Å². The van der Waals surface area contributed by atoms with Crippen molar-refractivity contribution in [2.75, 3.05) is 12.8 Å². The van der Waals surface area contributed by atoms with Gasteiger partial charge in [-0.25, -0.2) is 4.98 Å². The number of anilines is 1. The SMILES string of the molecule is COc1cc(C=Nn2c(N)cc(C)cc2=O)ccc1OCc1csc(C)n1. The first kappa shape index (κ1) is 18.7. The summed E-state index contributed by atoms with van der Waals surface area (Å²) in [5, 5.41) is 7.13. The van der Waals surface area contributed by atoms with Gasteiger partial charge in [0.1, 0.15) is 12.4 Å². The molecule has 8 heteroatoms. The monoisotopic (exact) mass is 384 g/mol. The number of aryl methyl sites for hydroxylation is 2. The van der Waals surface area contributed by atoms with Gasteiger partial charge in [0.25, 0.3) is 5.56 Å². The fourth-order valence-corrected chi connectivity index (χ4v) is 3.07. The minimum absolute atomic E-state index is 0.279. The largest absolute Gasteiger partial charge is 0.493 e. The summed E-state index contributed by atoms with van der Waals surface area (Å²) in [5.74, 6) is 1.45. The Morgan fingerprint density at radius 1 is 1.26 bits per heavy atom. The van der Waals surface area contributed by atoms with Crippen LogP contribution >= 0.6 is 11.3 Å². The van der Waals surface area contributed by atoms with Gasteiger partial charge >= 0.3 is 0 Å². The smallest absolute Gasteiger partial charge is 0.273 e. The van der Waals surface area contributed by atoms with Crippen LogP contribution in [0.5, 0.6) is 11.5 Å². The van der Waals surface area contributed by atoms with Crippen molar-refractivity contribution in [2.45, 2.75) is 20.5 Å². The predicted molar refractivity (Wildman–Crippen MR) is 107 cm³/mol. The molecule has 0 amide bonds. The lowest BCUT2D eigenvalue weighted by Crippen LogP contribution is -2.19. The Kier molecular flexibility index (Phi) is 5.56. The molecule has 2 N–H and O–H groups in total. The molecule has 3 rings (SSSR count). The zero-order valence-electron chi connectivity index (χ0n) is 15.3. The minimum atomic E-state index is -0.283. The van der Waals surface area contributed by atoms with Crippen LogP contribution in [0.4, 0.5) is 5.82 Å².